The standard InChI is InChI=1S/C16H23N3O2/c1-16(2,3)19-14(20)11-6-8-12(9-7-11)18-15(21)13-5-4-10-17-13/h6-9,13,17H,4-5,10H2,1-3H3,(H,18,21)(H,19,20)/t13-/m0/s1. The molecule has 1 aromatic rings. The van der Waals surface area contributed by atoms with Gasteiger partial charge in [0.2, 0.25) is 5.91 Å². The molecule has 0 aromatic heterocycles. The highest BCUT2D eigenvalue weighted by Gasteiger charge is 2.22. The zero-order chi connectivity index (χ0) is 15.5. The molecule has 0 radical (unpaired) electrons. The van der Waals surface area contributed by atoms with Crippen molar-refractivity contribution in [2.45, 2.75) is 45.2 Å². The molecule has 1 aliphatic rings. The number of rotatable bonds is 3. The molecule has 0 unspecified atom stereocenters. The van der Waals surface area contributed by atoms with Crippen LogP contribution in [-0.4, -0.2) is 29.9 Å². The minimum atomic E-state index is -0.266. The van der Waals surface area contributed by atoms with Crippen LogP contribution in [0.5, 0.6) is 0 Å². The first kappa shape index (κ1) is 15.5. The number of benzene rings is 1. The summed E-state index contributed by atoms with van der Waals surface area (Å²) in [7, 11) is 0. The second-order valence-corrected chi connectivity index (χ2v) is 6.42. The van der Waals surface area contributed by atoms with Crippen LogP contribution in [0.15, 0.2) is 24.3 Å². The van der Waals surface area contributed by atoms with Crippen LogP contribution in [0.3, 0.4) is 0 Å². The van der Waals surface area contributed by atoms with Gasteiger partial charge in [0.1, 0.15) is 0 Å². The summed E-state index contributed by atoms with van der Waals surface area (Å²) in [5.74, 6) is -0.128. The molecule has 0 aliphatic carbocycles. The normalized spacial score (nSPS) is 18.3. The molecule has 5 heteroatoms. The van der Waals surface area contributed by atoms with Gasteiger partial charge in [-0.05, 0) is 64.4 Å². The van der Waals surface area contributed by atoms with Crippen LogP contribution in [0.1, 0.15) is 44.0 Å². The van der Waals surface area contributed by atoms with Crippen molar-refractivity contribution >= 4 is 17.5 Å². The second kappa shape index (κ2) is 6.26. The van der Waals surface area contributed by atoms with E-state index in [1.807, 2.05) is 20.8 Å². The van der Waals surface area contributed by atoms with Crippen LogP contribution in [0.2, 0.25) is 0 Å². The molecule has 1 fully saturated rings. The third-order valence-electron chi connectivity index (χ3n) is 3.28. The Morgan fingerprint density at radius 3 is 2.38 bits per heavy atom. The van der Waals surface area contributed by atoms with Gasteiger partial charge in [-0.25, -0.2) is 0 Å². The quantitative estimate of drug-likeness (QED) is 0.796. The van der Waals surface area contributed by atoms with Gasteiger partial charge in [-0.1, -0.05) is 0 Å². The number of nitrogens with one attached hydrogen (secondary N) is 3. The van der Waals surface area contributed by atoms with Gasteiger partial charge < -0.3 is 16.0 Å². The number of anilines is 1. The summed E-state index contributed by atoms with van der Waals surface area (Å²) in [5.41, 5.74) is 1.03. The maximum absolute atomic E-state index is 12.0. The van der Waals surface area contributed by atoms with E-state index in [1.165, 1.54) is 0 Å². The predicted octanol–water partition coefficient (Wildman–Crippen LogP) is 1.91. The van der Waals surface area contributed by atoms with Gasteiger partial charge in [0, 0.05) is 16.8 Å². The average Bonchev–Trinajstić information content (AvgIpc) is 2.91. The van der Waals surface area contributed by atoms with Gasteiger partial charge in [-0.3, -0.25) is 9.59 Å². The molecule has 3 N–H and O–H groups in total. The van der Waals surface area contributed by atoms with Crippen molar-refractivity contribution in [3.05, 3.63) is 29.8 Å². The molecule has 114 valence electrons. The fourth-order valence-electron chi connectivity index (χ4n) is 2.26. The van der Waals surface area contributed by atoms with Crippen LogP contribution in [0.4, 0.5) is 5.69 Å². The van der Waals surface area contributed by atoms with Crippen LogP contribution < -0.4 is 16.0 Å². The van der Waals surface area contributed by atoms with Crippen molar-refractivity contribution in [2.75, 3.05) is 11.9 Å². The summed E-state index contributed by atoms with van der Waals surface area (Å²) in [5, 5.41) is 8.93. The molecule has 1 aromatic carbocycles. The number of amides is 2. The largest absolute Gasteiger partial charge is 0.347 e. The minimum absolute atomic E-state index is 0.0145. The first-order valence-corrected chi connectivity index (χ1v) is 7.32. The summed E-state index contributed by atoms with van der Waals surface area (Å²) in [6.07, 6.45) is 1.90. The van der Waals surface area contributed by atoms with E-state index < -0.39 is 0 Å². The zero-order valence-corrected chi connectivity index (χ0v) is 12.8. The summed E-state index contributed by atoms with van der Waals surface area (Å²) < 4.78 is 0. The molecule has 2 rings (SSSR count). The molecule has 5 nitrogen and oxygen atoms in total. The molecule has 21 heavy (non-hydrogen) atoms. The van der Waals surface area contributed by atoms with E-state index in [9.17, 15) is 9.59 Å². The van der Waals surface area contributed by atoms with Crippen LogP contribution in [0, 0.1) is 0 Å². The summed E-state index contributed by atoms with van der Waals surface area (Å²) in [4.78, 5) is 24.0. The van der Waals surface area contributed by atoms with E-state index in [2.05, 4.69) is 16.0 Å². The predicted molar refractivity (Wildman–Crippen MR) is 83.3 cm³/mol. The molecule has 1 heterocycles. The van der Waals surface area contributed by atoms with Gasteiger partial charge in [0.15, 0.2) is 0 Å². The Kier molecular flexibility index (Phi) is 4.63. The van der Waals surface area contributed by atoms with E-state index in [0.717, 1.165) is 19.4 Å². The molecule has 1 aliphatic heterocycles. The van der Waals surface area contributed by atoms with Crippen molar-refractivity contribution in [3.8, 4) is 0 Å². The lowest BCUT2D eigenvalue weighted by molar-refractivity contribution is -0.117. The molecule has 0 bridgehead atoms. The highest BCUT2D eigenvalue weighted by atomic mass is 16.2. The van der Waals surface area contributed by atoms with Crippen LogP contribution in [0.25, 0.3) is 0 Å². The van der Waals surface area contributed by atoms with Gasteiger partial charge in [-0.2, -0.15) is 0 Å². The van der Waals surface area contributed by atoms with Crippen molar-refractivity contribution in [2.24, 2.45) is 0 Å². The Morgan fingerprint density at radius 2 is 1.86 bits per heavy atom. The van der Waals surface area contributed by atoms with E-state index in [1.54, 1.807) is 24.3 Å². The minimum Gasteiger partial charge on any atom is -0.347 e. The van der Waals surface area contributed by atoms with Gasteiger partial charge >= 0.3 is 0 Å². The molecular weight excluding hydrogens is 266 g/mol. The fraction of sp³-hybridized carbons (Fsp3) is 0.500. The number of carbonyl (C=O) groups excluding carboxylic acids is 2. The number of hydrogen-bond acceptors (Lipinski definition) is 3. The highest BCUT2D eigenvalue weighted by molar-refractivity contribution is 5.97. The monoisotopic (exact) mass is 289 g/mol. The number of carbonyl (C=O) groups is 2. The Bertz CT molecular complexity index is 511. The van der Waals surface area contributed by atoms with E-state index in [0.29, 0.717) is 11.3 Å². The first-order chi connectivity index (χ1) is 9.85. The van der Waals surface area contributed by atoms with Crippen molar-refractivity contribution < 1.29 is 9.59 Å². The Morgan fingerprint density at radius 1 is 1.19 bits per heavy atom. The molecule has 1 saturated heterocycles. The molecule has 0 saturated carbocycles. The Hall–Kier alpha value is -1.88. The molecule has 0 spiro atoms. The van der Waals surface area contributed by atoms with Gasteiger partial charge in [0.25, 0.3) is 5.91 Å². The maximum atomic E-state index is 12.0. The lowest BCUT2D eigenvalue weighted by atomic mass is 10.1. The summed E-state index contributed by atoms with van der Waals surface area (Å²) in [6.45, 7) is 6.71. The fourth-order valence-corrected chi connectivity index (χ4v) is 2.26. The lowest BCUT2D eigenvalue weighted by Gasteiger charge is -2.20. The van der Waals surface area contributed by atoms with Gasteiger partial charge in [0.05, 0.1) is 6.04 Å². The average molecular weight is 289 g/mol. The molecule has 2 amide bonds. The summed E-state index contributed by atoms with van der Waals surface area (Å²) in [6, 6.07) is 6.85. The highest BCUT2D eigenvalue weighted by Crippen LogP contribution is 2.13. The van der Waals surface area contributed by atoms with Crippen LogP contribution >= 0.6 is 0 Å². The van der Waals surface area contributed by atoms with E-state index >= 15 is 0 Å². The maximum Gasteiger partial charge on any atom is 0.251 e. The third-order valence-corrected chi connectivity index (χ3v) is 3.28. The van der Waals surface area contributed by atoms with Gasteiger partial charge in [-0.15, -0.1) is 0 Å². The Balaban J connectivity index is 1.95. The smallest absolute Gasteiger partial charge is 0.251 e. The first-order valence-electron chi connectivity index (χ1n) is 7.32. The van der Waals surface area contributed by atoms with Crippen molar-refractivity contribution in [3.63, 3.8) is 0 Å². The lowest BCUT2D eigenvalue weighted by Crippen LogP contribution is -2.40. The second-order valence-electron chi connectivity index (χ2n) is 6.42. The number of hydrogen-bond donors (Lipinski definition) is 3. The molecular formula is C16H23N3O2. The topological polar surface area (TPSA) is 70.2 Å². The van der Waals surface area contributed by atoms with E-state index in [4.69, 9.17) is 0 Å². The van der Waals surface area contributed by atoms with Crippen molar-refractivity contribution in [1.82, 2.24) is 10.6 Å². The Labute approximate surface area is 125 Å². The van der Waals surface area contributed by atoms with E-state index in [-0.39, 0.29) is 23.4 Å². The summed E-state index contributed by atoms with van der Waals surface area (Å²) >= 11 is 0. The van der Waals surface area contributed by atoms with Crippen molar-refractivity contribution in [1.29, 1.82) is 0 Å². The SMILES string of the molecule is CC(C)(C)NC(=O)c1ccc(NC(=O)[C@@H]2CCCN2)cc1. The third kappa shape index (κ3) is 4.56. The molecule has 1 atom stereocenters. The van der Waals surface area contributed by atoms with Crippen LogP contribution in [-0.2, 0) is 4.79 Å². The zero-order valence-electron chi connectivity index (χ0n) is 12.8.